The van der Waals surface area contributed by atoms with Crippen LogP contribution in [0.3, 0.4) is 0 Å². The zero-order valence-corrected chi connectivity index (χ0v) is 12.5. The molecule has 2 fully saturated rings. The standard InChI is InChI=1S/C14H16Cl2N2O2/c15-12-6-17-13(16)5-11(12)14(19)18(10-1-2-10)7-9-3-4-20-8-9/h5-6,9-10H,1-4,7-8H2. The quantitative estimate of drug-likeness (QED) is 0.802. The van der Waals surface area contributed by atoms with Crippen molar-refractivity contribution in [3.05, 3.63) is 28.0 Å². The first kappa shape index (κ1) is 14.1. The van der Waals surface area contributed by atoms with Crippen molar-refractivity contribution in [2.75, 3.05) is 19.8 Å². The van der Waals surface area contributed by atoms with Crippen molar-refractivity contribution >= 4 is 29.1 Å². The molecular weight excluding hydrogens is 299 g/mol. The number of halogens is 2. The minimum Gasteiger partial charge on any atom is -0.381 e. The van der Waals surface area contributed by atoms with Crippen LogP contribution in [0, 0.1) is 5.92 Å². The van der Waals surface area contributed by atoms with E-state index >= 15 is 0 Å². The van der Waals surface area contributed by atoms with Gasteiger partial charge in [-0.05, 0) is 25.3 Å². The van der Waals surface area contributed by atoms with Crippen LogP contribution in [0.15, 0.2) is 12.3 Å². The Morgan fingerprint density at radius 1 is 1.40 bits per heavy atom. The van der Waals surface area contributed by atoms with Gasteiger partial charge in [-0.3, -0.25) is 4.79 Å². The number of ether oxygens (including phenoxy) is 1. The molecule has 1 saturated carbocycles. The molecule has 1 atom stereocenters. The Morgan fingerprint density at radius 2 is 2.20 bits per heavy atom. The third kappa shape index (κ3) is 3.08. The fourth-order valence-corrected chi connectivity index (χ4v) is 2.86. The van der Waals surface area contributed by atoms with E-state index in [4.69, 9.17) is 27.9 Å². The van der Waals surface area contributed by atoms with Crippen molar-refractivity contribution in [2.24, 2.45) is 5.92 Å². The fourth-order valence-electron chi connectivity index (χ4n) is 2.52. The normalized spacial score (nSPS) is 22.0. The van der Waals surface area contributed by atoms with Gasteiger partial charge in [0.25, 0.3) is 5.91 Å². The highest BCUT2D eigenvalue weighted by molar-refractivity contribution is 6.35. The van der Waals surface area contributed by atoms with E-state index in [-0.39, 0.29) is 11.1 Å². The second-order valence-electron chi connectivity index (χ2n) is 5.41. The van der Waals surface area contributed by atoms with Crippen LogP contribution in [0.4, 0.5) is 0 Å². The summed E-state index contributed by atoms with van der Waals surface area (Å²) in [4.78, 5) is 18.5. The lowest BCUT2D eigenvalue weighted by Gasteiger charge is -2.25. The van der Waals surface area contributed by atoms with Crippen LogP contribution in [0.1, 0.15) is 29.6 Å². The van der Waals surface area contributed by atoms with Crippen LogP contribution in [0.25, 0.3) is 0 Å². The maximum atomic E-state index is 12.7. The molecule has 4 nitrogen and oxygen atoms in total. The Hall–Kier alpha value is -0.840. The number of carbonyl (C=O) groups is 1. The smallest absolute Gasteiger partial charge is 0.255 e. The third-order valence-electron chi connectivity index (χ3n) is 3.78. The summed E-state index contributed by atoms with van der Waals surface area (Å²) in [5.74, 6) is 0.379. The molecule has 3 rings (SSSR count). The summed E-state index contributed by atoms with van der Waals surface area (Å²) in [5.41, 5.74) is 0.442. The van der Waals surface area contributed by atoms with Crippen LogP contribution >= 0.6 is 23.2 Å². The first-order valence-corrected chi connectivity index (χ1v) is 7.60. The molecule has 0 radical (unpaired) electrons. The van der Waals surface area contributed by atoms with E-state index in [1.807, 2.05) is 4.90 Å². The Bertz CT molecular complexity index is 514. The van der Waals surface area contributed by atoms with E-state index < -0.39 is 0 Å². The lowest BCUT2D eigenvalue weighted by Crippen LogP contribution is -2.37. The van der Waals surface area contributed by atoms with E-state index in [0.29, 0.717) is 22.5 Å². The SMILES string of the molecule is O=C(c1cc(Cl)ncc1Cl)N(CC1CCOC1)C1CC1. The molecule has 20 heavy (non-hydrogen) atoms. The molecule has 0 aromatic carbocycles. The summed E-state index contributed by atoms with van der Waals surface area (Å²) in [5, 5.41) is 0.644. The number of rotatable bonds is 4. The van der Waals surface area contributed by atoms with E-state index in [1.165, 1.54) is 6.20 Å². The van der Waals surface area contributed by atoms with Gasteiger partial charge in [0.2, 0.25) is 0 Å². The molecule has 1 aliphatic carbocycles. The van der Waals surface area contributed by atoms with Crippen molar-refractivity contribution in [1.82, 2.24) is 9.88 Å². The van der Waals surface area contributed by atoms with E-state index in [0.717, 1.165) is 39.0 Å². The van der Waals surface area contributed by atoms with Gasteiger partial charge in [-0.15, -0.1) is 0 Å². The number of amides is 1. The van der Waals surface area contributed by atoms with Gasteiger partial charge in [0.05, 0.1) is 17.2 Å². The largest absolute Gasteiger partial charge is 0.381 e. The Morgan fingerprint density at radius 3 is 2.85 bits per heavy atom. The minimum absolute atomic E-state index is 0.0475. The molecule has 1 aliphatic heterocycles. The van der Waals surface area contributed by atoms with Gasteiger partial charge < -0.3 is 9.64 Å². The van der Waals surface area contributed by atoms with Gasteiger partial charge in [0, 0.05) is 31.3 Å². The number of hydrogen-bond donors (Lipinski definition) is 0. The number of pyridine rings is 1. The van der Waals surface area contributed by atoms with Crippen LogP contribution in [-0.2, 0) is 4.74 Å². The van der Waals surface area contributed by atoms with Gasteiger partial charge in [0.1, 0.15) is 5.15 Å². The Labute approximate surface area is 128 Å². The molecule has 0 spiro atoms. The predicted octanol–water partition coefficient (Wildman–Crippen LogP) is 3.03. The molecule has 0 bridgehead atoms. The highest BCUT2D eigenvalue weighted by Crippen LogP contribution is 2.31. The summed E-state index contributed by atoms with van der Waals surface area (Å²) in [6.45, 7) is 2.26. The lowest BCUT2D eigenvalue weighted by molar-refractivity contribution is 0.0706. The van der Waals surface area contributed by atoms with Crippen molar-refractivity contribution < 1.29 is 9.53 Å². The van der Waals surface area contributed by atoms with Crippen molar-refractivity contribution in [1.29, 1.82) is 0 Å². The van der Waals surface area contributed by atoms with Gasteiger partial charge in [-0.1, -0.05) is 23.2 Å². The molecule has 1 aromatic rings. The van der Waals surface area contributed by atoms with Crippen molar-refractivity contribution in [3.63, 3.8) is 0 Å². The molecule has 108 valence electrons. The topological polar surface area (TPSA) is 42.4 Å². The highest BCUT2D eigenvalue weighted by Gasteiger charge is 2.35. The van der Waals surface area contributed by atoms with E-state index in [9.17, 15) is 4.79 Å². The Kier molecular flexibility index (Phi) is 4.15. The minimum atomic E-state index is -0.0475. The second-order valence-corrected chi connectivity index (χ2v) is 6.20. The molecule has 1 aromatic heterocycles. The molecule has 1 saturated heterocycles. The van der Waals surface area contributed by atoms with Crippen molar-refractivity contribution in [2.45, 2.75) is 25.3 Å². The van der Waals surface area contributed by atoms with Gasteiger partial charge in [-0.25, -0.2) is 4.98 Å². The zero-order valence-electron chi connectivity index (χ0n) is 11.0. The molecular formula is C14H16Cl2N2O2. The summed E-state index contributed by atoms with van der Waals surface area (Å²) in [6, 6.07) is 1.89. The van der Waals surface area contributed by atoms with Gasteiger partial charge in [-0.2, -0.15) is 0 Å². The molecule has 2 heterocycles. The van der Waals surface area contributed by atoms with E-state index in [2.05, 4.69) is 4.98 Å². The molecule has 0 N–H and O–H groups in total. The predicted molar refractivity (Wildman–Crippen MR) is 77.2 cm³/mol. The number of nitrogens with zero attached hydrogens (tertiary/aromatic N) is 2. The van der Waals surface area contributed by atoms with Gasteiger partial charge in [0.15, 0.2) is 0 Å². The summed E-state index contributed by atoms with van der Waals surface area (Å²) in [7, 11) is 0. The van der Waals surface area contributed by atoms with Crippen LogP contribution in [-0.4, -0.2) is 41.6 Å². The van der Waals surface area contributed by atoms with E-state index in [1.54, 1.807) is 6.07 Å². The monoisotopic (exact) mass is 314 g/mol. The van der Waals surface area contributed by atoms with Gasteiger partial charge >= 0.3 is 0 Å². The summed E-state index contributed by atoms with van der Waals surface area (Å²) >= 11 is 12.0. The zero-order chi connectivity index (χ0) is 14.1. The van der Waals surface area contributed by atoms with Crippen LogP contribution in [0.5, 0.6) is 0 Å². The number of carbonyl (C=O) groups excluding carboxylic acids is 1. The average molecular weight is 315 g/mol. The average Bonchev–Trinajstić information content (AvgIpc) is 3.15. The molecule has 1 unspecified atom stereocenters. The first-order valence-electron chi connectivity index (χ1n) is 6.85. The maximum absolute atomic E-state index is 12.7. The maximum Gasteiger partial charge on any atom is 0.255 e. The summed E-state index contributed by atoms with van der Waals surface area (Å²) in [6.07, 6.45) is 4.58. The van der Waals surface area contributed by atoms with Crippen LogP contribution in [0.2, 0.25) is 10.2 Å². The van der Waals surface area contributed by atoms with Crippen LogP contribution < -0.4 is 0 Å². The molecule has 6 heteroatoms. The molecule has 1 amide bonds. The number of hydrogen-bond acceptors (Lipinski definition) is 3. The highest BCUT2D eigenvalue weighted by atomic mass is 35.5. The third-order valence-corrected chi connectivity index (χ3v) is 4.29. The Balaban J connectivity index is 1.79. The summed E-state index contributed by atoms with van der Waals surface area (Å²) < 4.78 is 5.39. The first-order chi connectivity index (χ1) is 9.65. The fraction of sp³-hybridized carbons (Fsp3) is 0.571. The molecule has 2 aliphatic rings. The lowest BCUT2D eigenvalue weighted by atomic mass is 10.1. The number of aromatic nitrogens is 1. The second kappa shape index (κ2) is 5.88. The van der Waals surface area contributed by atoms with Crippen molar-refractivity contribution in [3.8, 4) is 0 Å².